The second-order valence-electron chi connectivity index (χ2n) is 6.19. The van der Waals surface area contributed by atoms with Gasteiger partial charge in [0, 0.05) is 32.3 Å². The molecule has 1 aliphatic rings. The van der Waals surface area contributed by atoms with E-state index in [1.165, 1.54) is 0 Å². The first kappa shape index (κ1) is 17.0. The summed E-state index contributed by atoms with van der Waals surface area (Å²) >= 11 is 0. The van der Waals surface area contributed by atoms with Gasteiger partial charge < -0.3 is 15.3 Å². The molecule has 2 N–H and O–H groups in total. The molecule has 2 aromatic rings. The largest absolute Gasteiger partial charge is 0.481 e. The van der Waals surface area contributed by atoms with Gasteiger partial charge in [-0.2, -0.15) is 5.10 Å². The summed E-state index contributed by atoms with van der Waals surface area (Å²) in [7, 11) is 0. The third-order valence-corrected chi connectivity index (χ3v) is 4.38. The molecule has 3 rings (SSSR count). The van der Waals surface area contributed by atoms with Crippen molar-refractivity contribution < 1.29 is 14.7 Å². The molecule has 0 spiro atoms. The van der Waals surface area contributed by atoms with Crippen molar-refractivity contribution in [3.8, 4) is 5.69 Å². The number of carbonyl (C=O) groups excluding carboxylic acids is 1. The second-order valence-corrected chi connectivity index (χ2v) is 6.19. The maximum atomic E-state index is 12.2. The molecule has 7 nitrogen and oxygen atoms in total. The Hall–Kier alpha value is -2.83. The van der Waals surface area contributed by atoms with E-state index in [2.05, 4.69) is 10.4 Å². The van der Waals surface area contributed by atoms with Gasteiger partial charge in [0.1, 0.15) is 0 Å². The number of piperidine rings is 1. The number of nitrogens with one attached hydrogen (secondary N) is 1. The first-order chi connectivity index (χ1) is 12.1. The van der Waals surface area contributed by atoms with E-state index in [4.69, 9.17) is 5.11 Å². The van der Waals surface area contributed by atoms with Gasteiger partial charge in [0.15, 0.2) is 0 Å². The van der Waals surface area contributed by atoms with Gasteiger partial charge in [0.25, 0.3) is 0 Å². The first-order valence-electron chi connectivity index (χ1n) is 8.49. The fraction of sp³-hybridized carbons (Fsp3) is 0.389. The molecule has 1 saturated heterocycles. The average molecular weight is 342 g/mol. The number of rotatable bonds is 5. The number of hydrogen-bond donors (Lipinski definition) is 2. The van der Waals surface area contributed by atoms with Crippen molar-refractivity contribution in [2.24, 2.45) is 5.92 Å². The molecule has 2 heterocycles. The Kier molecular flexibility index (Phi) is 5.33. The molecule has 1 aliphatic heterocycles. The number of carboxylic acids is 1. The highest BCUT2D eigenvalue weighted by atomic mass is 16.4. The van der Waals surface area contributed by atoms with E-state index in [9.17, 15) is 9.59 Å². The molecule has 7 heteroatoms. The number of aromatic nitrogens is 2. The molecule has 25 heavy (non-hydrogen) atoms. The molecule has 1 aromatic carbocycles. The lowest BCUT2D eigenvalue weighted by Gasteiger charge is -2.30. The summed E-state index contributed by atoms with van der Waals surface area (Å²) in [5, 5.41) is 16.4. The van der Waals surface area contributed by atoms with Crippen molar-refractivity contribution in [1.29, 1.82) is 0 Å². The molecule has 0 saturated carbocycles. The number of carbonyl (C=O) groups is 2. The zero-order chi connectivity index (χ0) is 17.6. The summed E-state index contributed by atoms with van der Waals surface area (Å²) < 4.78 is 1.80. The molecule has 0 aliphatic carbocycles. The quantitative estimate of drug-likeness (QED) is 0.869. The minimum absolute atomic E-state index is 0.201. The Morgan fingerprint density at radius 3 is 2.80 bits per heavy atom. The second kappa shape index (κ2) is 7.83. The smallest absolute Gasteiger partial charge is 0.317 e. The SMILES string of the molecule is O=C(O)C1CCCN(C(=O)NCCc2ccn(-c3ccccc3)n2)C1. The van der Waals surface area contributed by atoms with Gasteiger partial charge in [-0.05, 0) is 31.0 Å². The van der Waals surface area contributed by atoms with E-state index < -0.39 is 11.9 Å². The van der Waals surface area contributed by atoms with Crippen molar-refractivity contribution in [2.75, 3.05) is 19.6 Å². The zero-order valence-electron chi connectivity index (χ0n) is 14.0. The lowest BCUT2D eigenvalue weighted by atomic mass is 9.99. The standard InChI is InChI=1S/C18H22N4O3/c23-17(24)14-5-4-11-21(13-14)18(25)19-10-8-15-9-12-22(20-15)16-6-2-1-3-7-16/h1-3,6-7,9,12,14H,4-5,8,10-11,13H2,(H,19,25)(H,23,24). The summed E-state index contributed by atoms with van der Waals surface area (Å²) in [6, 6.07) is 11.6. The first-order valence-corrected chi connectivity index (χ1v) is 8.49. The van der Waals surface area contributed by atoms with E-state index in [0.29, 0.717) is 25.9 Å². The van der Waals surface area contributed by atoms with Crippen LogP contribution < -0.4 is 5.32 Å². The van der Waals surface area contributed by atoms with Gasteiger partial charge in [-0.3, -0.25) is 4.79 Å². The van der Waals surface area contributed by atoms with E-state index in [1.807, 2.05) is 42.6 Å². The van der Waals surface area contributed by atoms with Crippen LogP contribution in [-0.4, -0.2) is 51.4 Å². The van der Waals surface area contributed by atoms with Gasteiger partial charge in [-0.15, -0.1) is 0 Å². The summed E-state index contributed by atoms with van der Waals surface area (Å²) in [6.45, 7) is 1.36. The Morgan fingerprint density at radius 2 is 2.04 bits per heavy atom. The fourth-order valence-electron chi connectivity index (χ4n) is 2.99. The number of nitrogens with zero attached hydrogens (tertiary/aromatic N) is 3. The van der Waals surface area contributed by atoms with Gasteiger partial charge >= 0.3 is 12.0 Å². The van der Waals surface area contributed by atoms with Gasteiger partial charge in [-0.1, -0.05) is 18.2 Å². The fourth-order valence-corrected chi connectivity index (χ4v) is 2.99. The molecule has 2 amide bonds. The highest BCUT2D eigenvalue weighted by Gasteiger charge is 2.27. The molecule has 0 bridgehead atoms. The van der Waals surface area contributed by atoms with E-state index in [-0.39, 0.29) is 12.6 Å². The maximum Gasteiger partial charge on any atom is 0.317 e. The summed E-state index contributed by atoms with van der Waals surface area (Å²) in [4.78, 5) is 24.8. The lowest BCUT2D eigenvalue weighted by Crippen LogP contribution is -2.47. The molecule has 1 atom stereocenters. The van der Waals surface area contributed by atoms with Crippen molar-refractivity contribution >= 4 is 12.0 Å². The predicted octanol–water partition coefficient (Wildman–Crippen LogP) is 1.92. The van der Waals surface area contributed by atoms with Crippen LogP contribution in [0.3, 0.4) is 0 Å². The number of amides is 2. The van der Waals surface area contributed by atoms with Crippen LogP contribution in [-0.2, 0) is 11.2 Å². The molecule has 1 aromatic heterocycles. The van der Waals surface area contributed by atoms with Crippen LogP contribution in [0.1, 0.15) is 18.5 Å². The number of aliphatic carboxylic acids is 1. The molecule has 132 valence electrons. The van der Waals surface area contributed by atoms with E-state index in [0.717, 1.165) is 17.8 Å². The third kappa shape index (κ3) is 4.37. The van der Waals surface area contributed by atoms with Crippen LogP contribution in [0.5, 0.6) is 0 Å². The van der Waals surface area contributed by atoms with E-state index in [1.54, 1.807) is 9.58 Å². The number of benzene rings is 1. The number of carboxylic acid groups (broad SMARTS) is 1. The number of para-hydroxylation sites is 1. The summed E-state index contributed by atoms with van der Waals surface area (Å²) in [5.41, 5.74) is 1.89. The van der Waals surface area contributed by atoms with Crippen LogP contribution in [0.4, 0.5) is 4.79 Å². The van der Waals surface area contributed by atoms with Crippen LogP contribution in [0.2, 0.25) is 0 Å². The van der Waals surface area contributed by atoms with Crippen LogP contribution in [0.25, 0.3) is 5.69 Å². The van der Waals surface area contributed by atoms with Gasteiger partial charge in [0.2, 0.25) is 0 Å². The molecule has 0 radical (unpaired) electrons. The van der Waals surface area contributed by atoms with Crippen molar-refractivity contribution in [3.63, 3.8) is 0 Å². The number of urea groups is 1. The third-order valence-electron chi connectivity index (χ3n) is 4.38. The minimum Gasteiger partial charge on any atom is -0.481 e. The Morgan fingerprint density at radius 1 is 1.24 bits per heavy atom. The molecule has 1 fully saturated rings. The van der Waals surface area contributed by atoms with Crippen LogP contribution >= 0.6 is 0 Å². The lowest BCUT2D eigenvalue weighted by molar-refractivity contribution is -0.143. The summed E-state index contributed by atoms with van der Waals surface area (Å²) in [5.74, 6) is -1.29. The highest BCUT2D eigenvalue weighted by molar-refractivity contribution is 5.76. The van der Waals surface area contributed by atoms with Gasteiger partial charge in [0.05, 0.1) is 17.3 Å². The average Bonchev–Trinajstić information content (AvgIpc) is 3.11. The topological polar surface area (TPSA) is 87.5 Å². The van der Waals surface area contributed by atoms with Crippen molar-refractivity contribution in [2.45, 2.75) is 19.3 Å². The zero-order valence-corrected chi connectivity index (χ0v) is 14.0. The monoisotopic (exact) mass is 342 g/mol. The van der Waals surface area contributed by atoms with Gasteiger partial charge in [-0.25, -0.2) is 9.48 Å². The summed E-state index contributed by atoms with van der Waals surface area (Å²) in [6.07, 6.45) is 3.89. The molecule has 1 unspecified atom stereocenters. The Labute approximate surface area is 146 Å². The van der Waals surface area contributed by atoms with Crippen molar-refractivity contribution in [3.05, 3.63) is 48.3 Å². The molecular formula is C18H22N4O3. The Balaban J connectivity index is 1.47. The Bertz CT molecular complexity index is 729. The molecular weight excluding hydrogens is 320 g/mol. The number of hydrogen-bond acceptors (Lipinski definition) is 3. The number of likely N-dealkylation sites (tertiary alicyclic amines) is 1. The van der Waals surface area contributed by atoms with Crippen LogP contribution in [0.15, 0.2) is 42.6 Å². The highest BCUT2D eigenvalue weighted by Crippen LogP contribution is 2.16. The van der Waals surface area contributed by atoms with Crippen LogP contribution in [0, 0.1) is 5.92 Å². The van der Waals surface area contributed by atoms with Crippen molar-refractivity contribution in [1.82, 2.24) is 20.0 Å². The van der Waals surface area contributed by atoms with E-state index >= 15 is 0 Å². The maximum absolute atomic E-state index is 12.2. The normalized spacial score (nSPS) is 17.3. The minimum atomic E-state index is -0.830. The predicted molar refractivity (Wildman–Crippen MR) is 92.6 cm³/mol.